The van der Waals surface area contributed by atoms with E-state index in [0.717, 1.165) is 23.5 Å². The number of nitrogens with zero attached hydrogens (tertiary/aromatic N) is 4. The zero-order chi connectivity index (χ0) is 24.1. The van der Waals surface area contributed by atoms with Crippen molar-refractivity contribution in [3.05, 3.63) is 38.9 Å². The van der Waals surface area contributed by atoms with Crippen molar-refractivity contribution in [2.75, 3.05) is 39.5 Å². The number of halogens is 1. The summed E-state index contributed by atoms with van der Waals surface area (Å²) in [5, 5.41) is 7.95. The molecule has 13 heteroatoms. The van der Waals surface area contributed by atoms with E-state index < -0.39 is 29.7 Å². The average Bonchev–Trinajstić information content (AvgIpc) is 3.20. The largest absolute Gasteiger partial charge is 0.347 e. The van der Waals surface area contributed by atoms with Crippen LogP contribution in [0.4, 0.5) is 5.82 Å². The second kappa shape index (κ2) is 10.7. The van der Waals surface area contributed by atoms with Gasteiger partial charge in [0, 0.05) is 44.8 Å². The third kappa shape index (κ3) is 6.46. The number of anilines is 1. The van der Waals surface area contributed by atoms with Crippen LogP contribution in [0.2, 0.25) is 5.02 Å². The van der Waals surface area contributed by atoms with E-state index in [2.05, 4.69) is 30.8 Å². The van der Waals surface area contributed by atoms with E-state index in [1.165, 1.54) is 48.7 Å². The molecule has 0 aromatic carbocycles. The quantitative estimate of drug-likeness (QED) is 0.486. The summed E-state index contributed by atoms with van der Waals surface area (Å²) in [6, 6.07) is 1.87. The molecule has 1 atom stereocenters. The van der Waals surface area contributed by atoms with Gasteiger partial charge < -0.3 is 25.8 Å². The summed E-state index contributed by atoms with van der Waals surface area (Å²) in [6.45, 7) is 1.27. The summed E-state index contributed by atoms with van der Waals surface area (Å²) >= 11 is 7.04. The van der Waals surface area contributed by atoms with Gasteiger partial charge in [0.25, 0.3) is 5.91 Å². The monoisotopic (exact) mass is 493 g/mol. The van der Waals surface area contributed by atoms with E-state index in [9.17, 15) is 19.2 Å². The highest BCUT2D eigenvalue weighted by Gasteiger charge is 2.27. The summed E-state index contributed by atoms with van der Waals surface area (Å²) in [4.78, 5) is 62.4. The molecule has 0 saturated carbocycles. The SMILES string of the molecule is CN1CCc2sc(C(=O)NC(CNC(=O)C(=O)Nc3ccc(Cl)cn3)C(=O)N(C)C)nc2C1. The zero-order valence-corrected chi connectivity index (χ0v) is 19.9. The van der Waals surface area contributed by atoms with Gasteiger partial charge in [-0.15, -0.1) is 11.3 Å². The van der Waals surface area contributed by atoms with Crippen LogP contribution in [-0.4, -0.2) is 83.7 Å². The first-order chi connectivity index (χ1) is 15.6. The Kier molecular flexibility index (Phi) is 7.95. The number of hydrogen-bond acceptors (Lipinski definition) is 8. The fourth-order valence-corrected chi connectivity index (χ4v) is 4.13. The number of nitrogens with one attached hydrogen (secondary N) is 3. The third-order valence-electron chi connectivity index (χ3n) is 4.80. The molecule has 0 aliphatic carbocycles. The van der Waals surface area contributed by atoms with Gasteiger partial charge in [0.05, 0.1) is 10.7 Å². The van der Waals surface area contributed by atoms with Crippen molar-refractivity contribution in [3.8, 4) is 0 Å². The lowest BCUT2D eigenvalue weighted by atomic mass is 10.2. The molecular formula is C20H24ClN7O4S. The molecule has 4 amide bonds. The Morgan fingerprint density at radius 1 is 1.24 bits per heavy atom. The number of fused-ring (bicyclic) bond motifs is 1. The Morgan fingerprint density at radius 2 is 2.00 bits per heavy atom. The van der Waals surface area contributed by atoms with Crippen LogP contribution in [0.1, 0.15) is 20.4 Å². The summed E-state index contributed by atoms with van der Waals surface area (Å²) in [7, 11) is 5.04. The molecule has 0 radical (unpaired) electrons. The van der Waals surface area contributed by atoms with E-state index in [1.807, 2.05) is 7.05 Å². The van der Waals surface area contributed by atoms with Crippen molar-refractivity contribution >= 4 is 52.4 Å². The van der Waals surface area contributed by atoms with Crippen molar-refractivity contribution < 1.29 is 19.2 Å². The number of thiazole rings is 1. The van der Waals surface area contributed by atoms with Gasteiger partial charge in [-0.1, -0.05) is 11.6 Å². The molecule has 1 aliphatic rings. The Balaban J connectivity index is 1.62. The molecule has 1 aliphatic heterocycles. The molecular weight excluding hydrogens is 470 g/mol. The molecule has 0 saturated heterocycles. The third-order valence-corrected chi connectivity index (χ3v) is 6.18. The van der Waals surface area contributed by atoms with Crippen LogP contribution in [-0.2, 0) is 27.3 Å². The molecule has 2 aromatic heterocycles. The zero-order valence-electron chi connectivity index (χ0n) is 18.3. The molecule has 3 heterocycles. The number of pyridine rings is 1. The summed E-state index contributed by atoms with van der Waals surface area (Å²) in [5.41, 5.74) is 0.857. The standard InChI is InChI=1S/C20H24ClN7O4S/c1-27(2)20(32)12(9-23-16(29)17(30)26-15-5-4-11(21)8-22-15)24-18(31)19-25-13-10-28(3)7-6-14(13)33-19/h4-5,8,12H,6-7,9-10H2,1-3H3,(H,23,29)(H,24,31)(H,22,26,30). The van der Waals surface area contributed by atoms with E-state index >= 15 is 0 Å². The number of rotatable bonds is 6. The molecule has 3 rings (SSSR count). The van der Waals surface area contributed by atoms with E-state index in [1.54, 1.807) is 0 Å². The molecule has 1 unspecified atom stereocenters. The Morgan fingerprint density at radius 3 is 2.67 bits per heavy atom. The van der Waals surface area contributed by atoms with Gasteiger partial charge in [-0.2, -0.15) is 0 Å². The van der Waals surface area contributed by atoms with E-state index in [0.29, 0.717) is 11.6 Å². The minimum Gasteiger partial charge on any atom is -0.347 e. The highest BCUT2D eigenvalue weighted by molar-refractivity contribution is 7.13. The van der Waals surface area contributed by atoms with Gasteiger partial charge in [0.1, 0.15) is 11.9 Å². The van der Waals surface area contributed by atoms with E-state index in [4.69, 9.17) is 11.6 Å². The smallest absolute Gasteiger partial charge is 0.314 e. The second-order valence-corrected chi connectivity index (χ2v) is 9.18. The van der Waals surface area contributed by atoms with Gasteiger partial charge in [-0.25, -0.2) is 9.97 Å². The van der Waals surface area contributed by atoms with Crippen molar-refractivity contribution in [2.45, 2.75) is 19.0 Å². The van der Waals surface area contributed by atoms with Gasteiger partial charge in [-0.05, 0) is 25.6 Å². The highest BCUT2D eigenvalue weighted by atomic mass is 35.5. The first-order valence-electron chi connectivity index (χ1n) is 10.0. The molecule has 3 N–H and O–H groups in total. The van der Waals surface area contributed by atoms with Gasteiger partial charge >= 0.3 is 11.8 Å². The Hall–Kier alpha value is -3.09. The van der Waals surface area contributed by atoms with Crippen LogP contribution in [0.5, 0.6) is 0 Å². The molecule has 2 aromatic rings. The number of carbonyl (C=O) groups excluding carboxylic acids is 4. The molecule has 0 spiro atoms. The van der Waals surface area contributed by atoms with Crippen LogP contribution in [0.15, 0.2) is 18.3 Å². The number of amides is 4. The van der Waals surface area contributed by atoms with Crippen molar-refractivity contribution in [2.24, 2.45) is 0 Å². The molecule has 11 nitrogen and oxygen atoms in total. The van der Waals surface area contributed by atoms with Crippen LogP contribution in [0, 0.1) is 0 Å². The predicted octanol–water partition coefficient (Wildman–Crippen LogP) is 0.121. The van der Waals surface area contributed by atoms with Gasteiger partial charge in [0.15, 0.2) is 5.01 Å². The molecule has 0 fully saturated rings. The fourth-order valence-electron chi connectivity index (χ4n) is 3.06. The highest BCUT2D eigenvalue weighted by Crippen LogP contribution is 2.24. The first kappa shape index (κ1) is 24.6. The average molecular weight is 494 g/mol. The predicted molar refractivity (Wildman–Crippen MR) is 123 cm³/mol. The Bertz CT molecular complexity index is 1060. The fraction of sp³-hybridized carbons (Fsp3) is 0.400. The lowest BCUT2D eigenvalue weighted by Gasteiger charge is -2.21. The molecule has 0 bridgehead atoms. The van der Waals surface area contributed by atoms with Crippen LogP contribution in [0.25, 0.3) is 0 Å². The molecule has 176 valence electrons. The van der Waals surface area contributed by atoms with Crippen molar-refractivity contribution in [1.29, 1.82) is 0 Å². The van der Waals surface area contributed by atoms with Crippen molar-refractivity contribution in [1.82, 2.24) is 30.4 Å². The topological polar surface area (TPSA) is 137 Å². The molecule has 33 heavy (non-hydrogen) atoms. The lowest BCUT2D eigenvalue weighted by Crippen LogP contribution is -2.53. The maximum Gasteiger partial charge on any atom is 0.314 e. The lowest BCUT2D eigenvalue weighted by molar-refractivity contribution is -0.136. The maximum absolute atomic E-state index is 12.8. The van der Waals surface area contributed by atoms with Crippen LogP contribution in [0.3, 0.4) is 0 Å². The van der Waals surface area contributed by atoms with Gasteiger partial charge in [0.2, 0.25) is 5.91 Å². The second-order valence-electron chi connectivity index (χ2n) is 7.66. The minimum absolute atomic E-state index is 0.146. The van der Waals surface area contributed by atoms with Gasteiger partial charge in [-0.3, -0.25) is 19.2 Å². The minimum atomic E-state index is -1.08. The summed E-state index contributed by atoms with van der Waals surface area (Å²) < 4.78 is 0. The van der Waals surface area contributed by atoms with Crippen LogP contribution < -0.4 is 16.0 Å². The van der Waals surface area contributed by atoms with E-state index in [-0.39, 0.29) is 17.4 Å². The van der Waals surface area contributed by atoms with Crippen molar-refractivity contribution in [3.63, 3.8) is 0 Å². The number of likely N-dealkylation sites (N-methyl/N-ethyl adjacent to an activating group) is 2. The first-order valence-corrected chi connectivity index (χ1v) is 11.2. The summed E-state index contributed by atoms with van der Waals surface area (Å²) in [6.07, 6.45) is 2.13. The Labute approximate surface area is 199 Å². The maximum atomic E-state index is 12.8. The number of hydrogen-bond donors (Lipinski definition) is 3. The number of aromatic nitrogens is 2. The van der Waals surface area contributed by atoms with Crippen LogP contribution >= 0.6 is 22.9 Å². The summed E-state index contributed by atoms with van der Waals surface area (Å²) in [5.74, 6) is -2.76. The number of carbonyl (C=O) groups is 4. The normalized spacial score (nSPS) is 14.1.